The van der Waals surface area contributed by atoms with Crippen LogP contribution in [0.1, 0.15) is 51.9 Å². The van der Waals surface area contributed by atoms with E-state index >= 15 is 0 Å². The summed E-state index contributed by atoms with van der Waals surface area (Å²) in [5.74, 6) is -2.05. The van der Waals surface area contributed by atoms with Crippen molar-refractivity contribution in [2.75, 3.05) is 0 Å². The molecule has 0 saturated heterocycles. The molecule has 6 heteroatoms. The molecular formula is C13H22F3NO2. The van der Waals surface area contributed by atoms with Crippen molar-refractivity contribution in [1.29, 1.82) is 0 Å². The minimum atomic E-state index is -4.56. The van der Waals surface area contributed by atoms with Crippen LogP contribution in [-0.4, -0.2) is 24.3 Å². The summed E-state index contributed by atoms with van der Waals surface area (Å²) in [5.41, 5.74) is 5.18. The van der Waals surface area contributed by atoms with Gasteiger partial charge in [-0.25, -0.2) is 0 Å². The van der Waals surface area contributed by atoms with Crippen LogP contribution < -0.4 is 5.73 Å². The molecule has 1 aliphatic rings. The van der Waals surface area contributed by atoms with Crippen molar-refractivity contribution in [3.63, 3.8) is 0 Å². The van der Waals surface area contributed by atoms with Crippen molar-refractivity contribution in [2.45, 2.75) is 70.2 Å². The third-order valence-electron chi connectivity index (χ3n) is 3.29. The van der Waals surface area contributed by atoms with Gasteiger partial charge in [0, 0.05) is 0 Å². The molecule has 0 unspecified atom stereocenters. The summed E-state index contributed by atoms with van der Waals surface area (Å²) >= 11 is 0. The highest BCUT2D eigenvalue weighted by Gasteiger charge is 2.46. The molecule has 2 atom stereocenters. The Kier molecular flexibility index (Phi) is 6.10. The van der Waals surface area contributed by atoms with E-state index in [1.54, 1.807) is 0 Å². The van der Waals surface area contributed by atoms with Crippen LogP contribution >= 0.6 is 0 Å². The Hall–Kier alpha value is -0.780. The van der Waals surface area contributed by atoms with Gasteiger partial charge in [-0.2, -0.15) is 13.2 Å². The van der Waals surface area contributed by atoms with Crippen LogP contribution in [0, 0.1) is 5.92 Å². The third-order valence-corrected chi connectivity index (χ3v) is 3.29. The summed E-state index contributed by atoms with van der Waals surface area (Å²) in [7, 11) is 0. The van der Waals surface area contributed by atoms with Gasteiger partial charge in [0.1, 0.15) is 12.1 Å². The molecule has 0 aromatic heterocycles. The van der Waals surface area contributed by atoms with Crippen molar-refractivity contribution in [1.82, 2.24) is 0 Å². The minimum Gasteiger partial charge on any atom is -0.462 e. The van der Waals surface area contributed by atoms with Crippen LogP contribution in [0.15, 0.2) is 0 Å². The number of esters is 1. The quantitative estimate of drug-likeness (QED) is 0.549. The number of halogens is 3. The first-order valence-electron chi connectivity index (χ1n) is 6.89. The molecule has 3 nitrogen and oxygen atoms in total. The summed E-state index contributed by atoms with van der Waals surface area (Å²) in [6.45, 7) is 2.01. The Labute approximate surface area is 111 Å². The standard InChI is InChI=1S/C13H22F3NO2/c1-2-3-4-5-6-10(11(17)13(14,15)16)12(18)19-9-7-8-9/h9-11H,2-8,17H2,1H3/t10-,11-/m1/s1. The molecule has 1 rings (SSSR count). The highest BCUT2D eigenvalue weighted by Crippen LogP contribution is 2.31. The Morgan fingerprint density at radius 1 is 1.32 bits per heavy atom. The molecular weight excluding hydrogens is 259 g/mol. The molecule has 0 heterocycles. The van der Waals surface area contributed by atoms with E-state index in [1.807, 2.05) is 6.92 Å². The predicted octanol–water partition coefficient (Wildman–Crippen LogP) is 3.17. The zero-order valence-corrected chi connectivity index (χ0v) is 11.2. The fourth-order valence-corrected chi connectivity index (χ4v) is 1.90. The third kappa shape index (κ3) is 5.80. The molecule has 2 N–H and O–H groups in total. The molecule has 0 aromatic carbocycles. The van der Waals surface area contributed by atoms with Crippen LogP contribution in [0.25, 0.3) is 0 Å². The number of rotatable bonds is 8. The maximum absolute atomic E-state index is 12.7. The Balaban J connectivity index is 2.52. The summed E-state index contributed by atoms with van der Waals surface area (Å²) in [6.07, 6.45) is 0.214. The smallest absolute Gasteiger partial charge is 0.404 e. The van der Waals surface area contributed by atoms with Gasteiger partial charge in [0.15, 0.2) is 0 Å². The average molecular weight is 281 g/mol. The van der Waals surface area contributed by atoms with Gasteiger partial charge in [-0.3, -0.25) is 4.79 Å². The molecule has 112 valence electrons. The molecule has 0 aliphatic heterocycles. The molecule has 19 heavy (non-hydrogen) atoms. The SMILES string of the molecule is CCCCCC[C@@H](C(=O)OC1CC1)[C@@H](N)C(F)(F)F. The second-order valence-electron chi connectivity index (χ2n) is 5.16. The van der Waals surface area contributed by atoms with Crippen LogP contribution in [-0.2, 0) is 9.53 Å². The topological polar surface area (TPSA) is 52.3 Å². The Bertz CT molecular complexity index is 290. The fourth-order valence-electron chi connectivity index (χ4n) is 1.90. The number of alkyl halides is 3. The monoisotopic (exact) mass is 281 g/mol. The van der Waals surface area contributed by atoms with Crippen molar-refractivity contribution in [3.05, 3.63) is 0 Å². The van der Waals surface area contributed by atoms with E-state index < -0.39 is 24.1 Å². The molecule has 0 radical (unpaired) electrons. The minimum absolute atomic E-state index is 0.145. The lowest BCUT2D eigenvalue weighted by Gasteiger charge is -2.24. The molecule has 1 saturated carbocycles. The van der Waals surface area contributed by atoms with E-state index in [4.69, 9.17) is 10.5 Å². The lowest BCUT2D eigenvalue weighted by molar-refractivity contribution is -0.177. The van der Waals surface area contributed by atoms with Gasteiger partial charge >= 0.3 is 12.1 Å². The molecule has 1 fully saturated rings. The van der Waals surface area contributed by atoms with E-state index in [9.17, 15) is 18.0 Å². The summed E-state index contributed by atoms with van der Waals surface area (Å²) < 4.78 is 42.9. The van der Waals surface area contributed by atoms with Gasteiger partial charge in [0.05, 0.1) is 5.92 Å². The zero-order valence-electron chi connectivity index (χ0n) is 11.2. The van der Waals surface area contributed by atoms with E-state index in [1.165, 1.54) is 0 Å². The average Bonchev–Trinajstić information content (AvgIpc) is 3.11. The highest BCUT2D eigenvalue weighted by molar-refractivity contribution is 5.73. The Morgan fingerprint density at radius 2 is 1.95 bits per heavy atom. The number of unbranched alkanes of at least 4 members (excludes halogenated alkanes) is 3. The van der Waals surface area contributed by atoms with E-state index in [-0.39, 0.29) is 12.5 Å². The maximum Gasteiger partial charge on any atom is 0.404 e. The molecule has 1 aliphatic carbocycles. The predicted molar refractivity (Wildman–Crippen MR) is 65.4 cm³/mol. The lowest BCUT2D eigenvalue weighted by atomic mass is 9.93. The Morgan fingerprint density at radius 3 is 2.42 bits per heavy atom. The molecule has 0 spiro atoms. The number of carbonyl (C=O) groups is 1. The first-order chi connectivity index (χ1) is 8.86. The lowest BCUT2D eigenvalue weighted by Crippen LogP contribution is -2.47. The van der Waals surface area contributed by atoms with Gasteiger partial charge in [0.25, 0.3) is 0 Å². The second-order valence-corrected chi connectivity index (χ2v) is 5.16. The molecule has 0 aromatic rings. The second kappa shape index (κ2) is 7.12. The first kappa shape index (κ1) is 16.3. The van der Waals surface area contributed by atoms with Crippen LogP contribution in [0.5, 0.6) is 0 Å². The van der Waals surface area contributed by atoms with Gasteiger partial charge in [-0.05, 0) is 19.3 Å². The van der Waals surface area contributed by atoms with Crippen molar-refractivity contribution < 1.29 is 22.7 Å². The van der Waals surface area contributed by atoms with Gasteiger partial charge in [-0.1, -0.05) is 32.6 Å². The molecule has 0 bridgehead atoms. The highest BCUT2D eigenvalue weighted by atomic mass is 19.4. The van der Waals surface area contributed by atoms with Gasteiger partial charge in [0.2, 0.25) is 0 Å². The summed E-state index contributed by atoms with van der Waals surface area (Å²) in [5, 5.41) is 0. The number of hydrogen-bond acceptors (Lipinski definition) is 3. The zero-order chi connectivity index (χ0) is 14.5. The van der Waals surface area contributed by atoms with E-state index in [0.717, 1.165) is 32.1 Å². The van der Waals surface area contributed by atoms with Gasteiger partial charge in [-0.15, -0.1) is 0 Å². The van der Waals surface area contributed by atoms with Gasteiger partial charge < -0.3 is 10.5 Å². The summed E-state index contributed by atoms with van der Waals surface area (Å²) in [4.78, 5) is 11.7. The van der Waals surface area contributed by atoms with E-state index in [0.29, 0.717) is 6.42 Å². The normalized spacial score (nSPS) is 19.0. The number of nitrogens with two attached hydrogens (primary N) is 1. The number of hydrogen-bond donors (Lipinski definition) is 1. The van der Waals surface area contributed by atoms with Crippen LogP contribution in [0.3, 0.4) is 0 Å². The van der Waals surface area contributed by atoms with Crippen molar-refractivity contribution in [2.24, 2.45) is 11.7 Å². The fraction of sp³-hybridized carbons (Fsp3) is 0.923. The maximum atomic E-state index is 12.7. The first-order valence-corrected chi connectivity index (χ1v) is 6.89. The largest absolute Gasteiger partial charge is 0.462 e. The number of carbonyl (C=O) groups excluding carboxylic acids is 1. The van der Waals surface area contributed by atoms with E-state index in [2.05, 4.69) is 0 Å². The van der Waals surface area contributed by atoms with Crippen LogP contribution in [0.2, 0.25) is 0 Å². The van der Waals surface area contributed by atoms with Crippen molar-refractivity contribution in [3.8, 4) is 0 Å². The van der Waals surface area contributed by atoms with Crippen LogP contribution in [0.4, 0.5) is 13.2 Å². The number of ether oxygens (including phenoxy) is 1. The summed E-state index contributed by atoms with van der Waals surface area (Å²) in [6, 6.07) is -2.12. The van der Waals surface area contributed by atoms with Crippen molar-refractivity contribution >= 4 is 5.97 Å². The molecule has 0 amide bonds.